The summed E-state index contributed by atoms with van der Waals surface area (Å²) < 4.78 is 0. The highest BCUT2D eigenvalue weighted by Gasteiger charge is 2.35. The average Bonchev–Trinajstić information content (AvgIpc) is 2.63. The summed E-state index contributed by atoms with van der Waals surface area (Å²) >= 11 is 0. The van der Waals surface area contributed by atoms with Crippen LogP contribution in [-0.4, -0.2) is 0 Å². The van der Waals surface area contributed by atoms with Crippen molar-refractivity contribution in [3.8, 4) is 0 Å². The minimum absolute atomic E-state index is 0.617. The van der Waals surface area contributed by atoms with E-state index >= 15 is 0 Å². The number of hydrogen-bond donors (Lipinski definition) is 0. The molecular formula is C27H44. The summed E-state index contributed by atoms with van der Waals surface area (Å²) in [7, 11) is 0. The zero-order chi connectivity index (χ0) is 19.8. The van der Waals surface area contributed by atoms with Gasteiger partial charge in [0.05, 0.1) is 0 Å². The first-order chi connectivity index (χ1) is 12.9. The highest BCUT2D eigenvalue weighted by atomic mass is 14.4. The Bertz CT molecular complexity index is 544. The lowest BCUT2D eigenvalue weighted by molar-refractivity contribution is 0.211. The van der Waals surface area contributed by atoms with Crippen LogP contribution in [0.2, 0.25) is 0 Å². The molecule has 4 atom stereocenters. The Morgan fingerprint density at radius 2 is 1.96 bits per heavy atom. The molecule has 0 bridgehead atoms. The van der Waals surface area contributed by atoms with E-state index in [0.29, 0.717) is 5.92 Å². The third kappa shape index (κ3) is 6.81. The van der Waals surface area contributed by atoms with E-state index in [0.717, 1.165) is 23.7 Å². The van der Waals surface area contributed by atoms with Crippen LogP contribution < -0.4 is 0 Å². The van der Waals surface area contributed by atoms with Gasteiger partial charge in [-0.15, -0.1) is 6.58 Å². The molecular weight excluding hydrogens is 324 g/mol. The predicted octanol–water partition coefficient (Wildman–Crippen LogP) is 8.67. The molecule has 0 aromatic heterocycles. The van der Waals surface area contributed by atoms with E-state index in [1.54, 1.807) is 5.57 Å². The zero-order valence-electron chi connectivity index (χ0n) is 18.6. The van der Waals surface area contributed by atoms with Gasteiger partial charge in [-0.1, -0.05) is 76.0 Å². The van der Waals surface area contributed by atoms with E-state index in [9.17, 15) is 0 Å². The van der Waals surface area contributed by atoms with Gasteiger partial charge in [-0.25, -0.2) is 0 Å². The molecule has 0 fully saturated rings. The Kier molecular flexibility index (Phi) is 9.13. The molecule has 152 valence electrons. The van der Waals surface area contributed by atoms with Gasteiger partial charge in [-0.2, -0.15) is 0 Å². The van der Waals surface area contributed by atoms with Crippen molar-refractivity contribution in [2.24, 2.45) is 29.6 Å². The van der Waals surface area contributed by atoms with Crippen LogP contribution in [0.25, 0.3) is 0 Å². The van der Waals surface area contributed by atoms with Gasteiger partial charge in [0.15, 0.2) is 0 Å². The topological polar surface area (TPSA) is 0 Å². The van der Waals surface area contributed by atoms with Gasteiger partial charge in [0.1, 0.15) is 0 Å². The van der Waals surface area contributed by atoms with Crippen molar-refractivity contribution in [3.05, 3.63) is 48.1 Å². The van der Waals surface area contributed by atoms with Gasteiger partial charge in [0.2, 0.25) is 0 Å². The van der Waals surface area contributed by atoms with Crippen molar-refractivity contribution in [1.82, 2.24) is 0 Å². The van der Waals surface area contributed by atoms with Crippen LogP contribution in [0.1, 0.15) is 91.9 Å². The van der Waals surface area contributed by atoms with Crippen molar-refractivity contribution in [3.63, 3.8) is 0 Å². The molecule has 0 nitrogen and oxygen atoms in total. The number of hydrogen-bond acceptors (Lipinski definition) is 0. The van der Waals surface area contributed by atoms with Crippen LogP contribution in [0.5, 0.6) is 0 Å². The summed E-state index contributed by atoms with van der Waals surface area (Å²) in [6.45, 7) is 17.7. The first-order valence-electron chi connectivity index (χ1n) is 11.6. The van der Waals surface area contributed by atoms with Crippen LogP contribution in [0.15, 0.2) is 48.1 Å². The highest BCUT2D eigenvalue weighted by Crippen LogP contribution is 2.46. The van der Waals surface area contributed by atoms with Crippen LogP contribution in [-0.2, 0) is 0 Å². The second-order valence-electron chi connectivity index (χ2n) is 9.73. The highest BCUT2D eigenvalue weighted by molar-refractivity contribution is 5.29. The van der Waals surface area contributed by atoms with E-state index in [2.05, 4.69) is 59.1 Å². The molecule has 0 saturated carbocycles. The summed E-state index contributed by atoms with van der Waals surface area (Å²) in [5.41, 5.74) is 4.46. The second-order valence-corrected chi connectivity index (χ2v) is 9.73. The van der Waals surface area contributed by atoms with Crippen molar-refractivity contribution in [2.45, 2.75) is 91.9 Å². The molecule has 0 aromatic rings. The smallest absolute Gasteiger partial charge is 0.0102 e. The Hall–Kier alpha value is -1.04. The van der Waals surface area contributed by atoms with Crippen LogP contribution in [0.3, 0.4) is 0 Å². The maximum Gasteiger partial charge on any atom is -0.0102 e. The molecule has 0 spiro atoms. The lowest BCUT2D eigenvalue weighted by atomic mass is 9.64. The molecule has 2 rings (SSSR count). The molecule has 0 saturated heterocycles. The minimum atomic E-state index is 0.617. The average molecular weight is 369 g/mol. The maximum atomic E-state index is 4.40. The third-order valence-electron chi connectivity index (χ3n) is 6.96. The first-order valence-corrected chi connectivity index (χ1v) is 11.6. The number of rotatable bonds is 11. The van der Waals surface area contributed by atoms with E-state index in [-0.39, 0.29) is 0 Å². The van der Waals surface area contributed by atoms with E-state index in [1.165, 1.54) is 75.4 Å². The van der Waals surface area contributed by atoms with Gasteiger partial charge in [-0.3, -0.25) is 0 Å². The molecule has 0 aliphatic heterocycles. The van der Waals surface area contributed by atoms with Crippen molar-refractivity contribution in [2.75, 3.05) is 0 Å². The first kappa shape index (κ1) is 22.3. The summed E-state index contributed by atoms with van der Waals surface area (Å²) in [6, 6.07) is 0. The standard InChI is InChI=1S/C27H44/c1-7-8-11-23(18-20(2)3)16-17-25-14-9-12-24-13-10-15-26(27(24)25)19-22(6)21(4)5/h9,12-13,21,23,25-27H,2,6-8,10-11,14-19H2,1,3-5H3. The van der Waals surface area contributed by atoms with Crippen LogP contribution in [0, 0.1) is 29.6 Å². The molecule has 0 aromatic carbocycles. The monoisotopic (exact) mass is 368 g/mol. The molecule has 0 radical (unpaired) electrons. The van der Waals surface area contributed by atoms with Crippen molar-refractivity contribution >= 4 is 0 Å². The molecule has 27 heavy (non-hydrogen) atoms. The molecule has 4 unspecified atom stereocenters. The number of allylic oxidation sites excluding steroid dienone is 6. The van der Waals surface area contributed by atoms with Crippen molar-refractivity contribution < 1.29 is 0 Å². The molecule has 2 aliphatic rings. The van der Waals surface area contributed by atoms with Gasteiger partial charge in [-0.05, 0) is 87.0 Å². The Morgan fingerprint density at radius 3 is 2.63 bits per heavy atom. The summed E-state index contributed by atoms with van der Waals surface area (Å²) in [6.07, 6.45) is 20.6. The number of unbranched alkanes of at least 4 members (excludes halogenated alkanes) is 1. The molecule has 0 amide bonds. The summed E-state index contributed by atoms with van der Waals surface area (Å²) in [4.78, 5) is 0. The summed E-state index contributed by atoms with van der Waals surface area (Å²) in [5.74, 6) is 3.88. The fraction of sp³-hybridized carbons (Fsp3) is 0.704. The van der Waals surface area contributed by atoms with E-state index in [1.807, 2.05) is 0 Å². The fourth-order valence-electron chi connectivity index (χ4n) is 5.30. The Labute approximate surface area is 169 Å². The van der Waals surface area contributed by atoms with Gasteiger partial charge in [0, 0.05) is 0 Å². The Balaban J connectivity index is 2.04. The molecule has 0 N–H and O–H groups in total. The quantitative estimate of drug-likeness (QED) is 0.320. The predicted molar refractivity (Wildman–Crippen MR) is 122 cm³/mol. The van der Waals surface area contributed by atoms with Gasteiger partial charge >= 0.3 is 0 Å². The van der Waals surface area contributed by atoms with Gasteiger partial charge in [0.25, 0.3) is 0 Å². The second kappa shape index (κ2) is 11.1. The zero-order valence-corrected chi connectivity index (χ0v) is 18.6. The molecule has 2 aliphatic carbocycles. The largest absolute Gasteiger partial charge is 0.100 e. The van der Waals surface area contributed by atoms with Gasteiger partial charge < -0.3 is 0 Å². The fourth-order valence-corrected chi connectivity index (χ4v) is 5.30. The van der Waals surface area contributed by atoms with Crippen LogP contribution >= 0.6 is 0 Å². The minimum Gasteiger partial charge on any atom is -0.100 e. The Morgan fingerprint density at radius 1 is 1.19 bits per heavy atom. The molecule has 0 heteroatoms. The normalized spacial score (nSPS) is 25.8. The third-order valence-corrected chi connectivity index (χ3v) is 6.96. The lowest BCUT2D eigenvalue weighted by Gasteiger charge is -2.40. The van der Waals surface area contributed by atoms with E-state index < -0.39 is 0 Å². The maximum absolute atomic E-state index is 4.40. The van der Waals surface area contributed by atoms with E-state index in [4.69, 9.17) is 0 Å². The molecule has 0 heterocycles. The van der Waals surface area contributed by atoms with Crippen molar-refractivity contribution in [1.29, 1.82) is 0 Å². The SMILES string of the molecule is C=C(C)CC(CCCC)CCC1CC=CC2=CCCC(CC(=C)C(C)C)C21. The lowest BCUT2D eigenvalue weighted by Crippen LogP contribution is -2.30. The number of fused-ring (bicyclic) bond motifs is 1. The van der Waals surface area contributed by atoms with Crippen LogP contribution in [0.4, 0.5) is 0 Å². The summed E-state index contributed by atoms with van der Waals surface area (Å²) in [5, 5.41) is 0.